The van der Waals surface area contributed by atoms with Crippen molar-refractivity contribution < 1.29 is 23.2 Å². The fraction of sp³-hybridized carbons (Fsp3) is 0.250. The zero-order valence-corrected chi connectivity index (χ0v) is 18.3. The minimum absolute atomic E-state index is 0.0819. The largest absolute Gasteiger partial charge is 0.486 e. The van der Waals surface area contributed by atoms with Crippen LogP contribution in [0.5, 0.6) is 23.3 Å². The summed E-state index contributed by atoms with van der Waals surface area (Å²) in [6.45, 7) is 0. The Morgan fingerprint density at radius 3 is 2.56 bits per heavy atom. The Morgan fingerprint density at radius 2 is 1.81 bits per heavy atom. The van der Waals surface area contributed by atoms with Gasteiger partial charge in [0.15, 0.2) is 0 Å². The van der Waals surface area contributed by atoms with E-state index in [1.54, 1.807) is 19.2 Å². The molecule has 8 heteroatoms. The second-order valence-electron chi connectivity index (χ2n) is 7.67. The van der Waals surface area contributed by atoms with Crippen molar-refractivity contribution in [3.8, 4) is 23.3 Å². The number of nitrogens with zero attached hydrogens (tertiary/aromatic N) is 1. The second kappa shape index (κ2) is 8.63. The molecule has 3 aromatic rings. The van der Waals surface area contributed by atoms with Crippen LogP contribution in [0.1, 0.15) is 40.9 Å². The molecule has 164 valence electrons. The molecule has 1 fully saturated rings. The Labute approximate surface area is 188 Å². The number of nitrogens with one attached hydrogen (secondary N) is 1. The van der Waals surface area contributed by atoms with Crippen LogP contribution in [-0.2, 0) is 22.2 Å². The Kier molecular flexibility index (Phi) is 5.53. The van der Waals surface area contributed by atoms with Crippen LogP contribution in [0.4, 0.5) is 0 Å². The lowest BCUT2D eigenvalue weighted by Gasteiger charge is -2.16. The maximum absolute atomic E-state index is 12.0. The van der Waals surface area contributed by atoms with E-state index < -0.39 is 11.0 Å². The van der Waals surface area contributed by atoms with Crippen LogP contribution < -0.4 is 18.9 Å². The van der Waals surface area contributed by atoms with E-state index in [0.717, 1.165) is 41.0 Å². The maximum Gasteiger partial charge on any atom is 0.233 e. The predicted octanol–water partition coefficient (Wildman–Crippen LogP) is 4.17. The number of carbonyl (C=O) groups excluding carboxylic acids is 1. The molecule has 1 amide bonds. The third-order valence-corrected chi connectivity index (χ3v) is 7.05. The number of ether oxygens (including phenoxy) is 3. The summed E-state index contributed by atoms with van der Waals surface area (Å²) in [6.07, 6.45) is 1.84. The molecule has 1 N–H and O–H groups in total. The quantitative estimate of drug-likeness (QED) is 0.607. The molecule has 2 aromatic carbocycles. The van der Waals surface area contributed by atoms with Gasteiger partial charge in [0.1, 0.15) is 28.6 Å². The molecule has 1 saturated heterocycles. The highest BCUT2D eigenvalue weighted by molar-refractivity contribution is 7.84. The molecular weight excluding hydrogens is 428 g/mol. The minimum atomic E-state index is -1.37. The third kappa shape index (κ3) is 4.05. The molecular formula is C24H22N2O5S. The van der Waals surface area contributed by atoms with Gasteiger partial charge in [-0.3, -0.25) is 9.52 Å². The number of methoxy groups -OCH3 is 1. The Balaban J connectivity index is 1.31. The van der Waals surface area contributed by atoms with E-state index in [1.165, 1.54) is 0 Å². The number of rotatable bonds is 6. The Bertz CT molecular complexity index is 1180. The first-order chi connectivity index (χ1) is 15.6. The number of pyridine rings is 1. The standard InChI is InChI=1S/C24H22N2O5S/c1-29-23-6-3-7-24(25-23)31-19-5-2-4-17-18(19)12-13-20(17)30-16-10-8-15(9-11-16)21-14-22(27)26-32(21)28/h2-11,20-21H,12-14H2,1H3,(H,26,27). The topological polar surface area (TPSA) is 86.8 Å². The molecule has 3 atom stereocenters. The van der Waals surface area contributed by atoms with Gasteiger partial charge in [-0.25, -0.2) is 4.21 Å². The average molecular weight is 451 g/mol. The molecule has 1 aliphatic heterocycles. The summed E-state index contributed by atoms with van der Waals surface area (Å²) >= 11 is 0. The molecule has 3 unspecified atom stereocenters. The average Bonchev–Trinajstić information content (AvgIpc) is 3.37. The number of hydrogen-bond acceptors (Lipinski definition) is 6. The van der Waals surface area contributed by atoms with Gasteiger partial charge in [0, 0.05) is 24.1 Å². The first-order valence-electron chi connectivity index (χ1n) is 10.4. The summed E-state index contributed by atoms with van der Waals surface area (Å²) in [5.74, 6) is 2.30. The highest BCUT2D eigenvalue weighted by atomic mass is 32.2. The first-order valence-corrected chi connectivity index (χ1v) is 11.6. The van der Waals surface area contributed by atoms with Gasteiger partial charge in [0.25, 0.3) is 0 Å². The number of hydrogen-bond donors (Lipinski definition) is 1. The molecule has 0 radical (unpaired) electrons. The van der Waals surface area contributed by atoms with Gasteiger partial charge < -0.3 is 14.2 Å². The van der Waals surface area contributed by atoms with Crippen molar-refractivity contribution in [1.82, 2.24) is 9.71 Å². The van der Waals surface area contributed by atoms with E-state index in [4.69, 9.17) is 14.2 Å². The van der Waals surface area contributed by atoms with E-state index >= 15 is 0 Å². The van der Waals surface area contributed by atoms with E-state index in [0.29, 0.717) is 11.8 Å². The molecule has 0 bridgehead atoms. The zero-order chi connectivity index (χ0) is 22.1. The molecule has 0 saturated carbocycles. The predicted molar refractivity (Wildman–Crippen MR) is 119 cm³/mol. The van der Waals surface area contributed by atoms with Crippen LogP contribution in [0.15, 0.2) is 60.7 Å². The van der Waals surface area contributed by atoms with Crippen LogP contribution in [0.3, 0.4) is 0 Å². The van der Waals surface area contributed by atoms with E-state index in [1.807, 2.05) is 42.5 Å². The van der Waals surface area contributed by atoms with Gasteiger partial charge in [-0.15, -0.1) is 0 Å². The highest BCUT2D eigenvalue weighted by Crippen LogP contribution is 2.41. The van der Waals surface area contributed by atoms with Crippen molar-refractivity contribution in [3.05, 3.63) is 77.4 Å². The van der Waals surface area contributed by atoms with Crippen molar-refractivity contribution in [3.63, 3.8) is 0 Å². The van der Waals surface area contributed by atoms with Crippen LogP contribution >= 0.6 is 0 Å². The monoisotopic (exact) mass is 450 g/mol. The van der Waals surface area contributed by atoms with Crippen LogP contribution in [0.2, 0.25) is 0 Å². The third-order valence-electron chi connectivity index (χ3n) is 5.67. The molecule has 1 aromatic heterocycles. The lowest BCUT2D eigenvalue weighted by molar-refractivity contribution is -0.118. The van der Waals surface area contributed by atoms with Crippen LogP contribution in [0, 0.1) is 0 Å². The maximum atomic E-state index is 12.0. The minimum Gasteiger partial charge on any atom is -0.486 e. The Hall–Kier alpha value is -3.39. The molecule has 0 spiro atoms. The molecule has 32 heavy (non-hydrogen) atoms. The SMILES string of the molecule is COc1cccc(Oc2cccc3c2CCC3Oc2ccc(C3CC(=O)NS3=O)cc2)n1. The number of benzene rings is 2. The van der Waals surface area contributed by atoms with Crippen molar-refractivity contribution >= 4 is 16.9 Å². The van der Waals surface area contributed by atoms with Gasteiger partial charge in [0.2, 0.25) is 17.7 Å². The fourth-order valence-corrected chi connectivity index (χ4v) is 5.27. The summed E-state index contributed by atoms with van der Waals surface area (Å²) in [5.41, 5.74) is 3.08. The smallest absolute Gasteiger partial charge is 0.233 e. The lowest BCUT2D eigenvalue weighted by Crippen LogP contribution is -2.15. The van der Waals surface area contributed by atoms with Gasteiger partial charge in [-0.2, -0.15) is 4.98 Å². The summed E-state index contributed by atoms with van der Waals surface area (Å²) in [5, 5.41) is -0.311. The van der Waals surface area contributed by atoms with Crippen molar-refractivity contribution in [2.24, 2.45) is 0 Å². The molecule has 2 aliphatic rings. The van der Waals surface area contributed by atoms with Crippen molar-refractivity contribution in [2.45, 2.75) is 30.6 Å². The Morgan fingerprint density at radius 1 is 1.03 bits per heavy atom. The molecule has 1 aliphatic carbocycles. The number of amides is 1. The summed E-state index contributed by atoms with van der Waals surface area (Å²) < 4.78 is 31.9. The summed E-state index contributed by atoms with van der Waals surface area (Å²) in [4.78, 5) is 15.8. The number of fused-ring (bicyclic) bond motifs is 1. The summed E-state index contributed by atoms with van der Waals surface area (Å²) in [6, 6.07) is 18.9. The van der Waals surface area contributed by atoms with Gasteiger partial charge in [-0.05, 0) is 42.2 Å². The normalized spacial score (nSPS) is 21.7. The first kappa shape index (κ1) is 20.5. The number of carbonyl (C=O) groups is 1. The van der Waals surface area contributed by atoms with Crippen molar-refractivity contribution in [2.75, 3.05) is 7.11 Å². The lowest BCUT2D eigenvalue weighted by atomic mass is 10.1. The zero-order valence-electron chi connectivity index (χ0n) is 17.4. The van der Waals surface area contributed by atoms with E-state index in [2.05, 4.69) is 15.8 Å². The van der Waals surface area contributed by atoms with E-state index in [9.17, 15) is 9.00 Å². The van der Waals surface area contributed by atoms with Crippen molar-refractivity contribution in [1.29, 1.82) is 0 Å². The molecule has 2 heterocycles. The van der Waals surface area contributed by atoms with Gasteiger partial charge in [-0.1, -0.05) is 30.3 Å². The van der Waals surface area contributed by atoms with Gasteiger partial charge >= 0.3 is 0 Å². The van der Waals surface area contributed by atoms with E-state index in [-0.39, 0.29) is 23.7 Å². The van der Waals surface area contributed by atoms with Crippen LogP contribution in [0.25, 0.3) is 0 Å². The fourth-order valence-electron chi connectivity index (χ4n) is 4.12. The number of aromatic nitrogens is 1. The van der Waals surface area contributed by atoms with Gasteiger partial charge in [0.05, 0.1) is 12.4 Å². The van der Waals surface area contributed by atoms with Crippen LogP contribution in [-0.4, -0.2) is 22.2 Å². The molecule has 5 rings (SSSR count). The highest BCUT2D eigenvalue weighted by Gasteiger charge is 2.31. The molecule has 7 nitrogen and oxygen atoms in total. The second-order valence-corrected chi connectivity index (χ2v) is 9.04. The summed E-state index contributed by atoms with van der Waals surface area (Å²) in [7, 11) is 0.203.